The van der Waals surface area contributed by atoms with Gasteiger partial charge in [0.2, 0.25) is 0 Å². The van der Waals surface area contributed by atoms with Crippen LogP contribution in [0.15, 0.2) is 22.7 Å². The summed E-state index contributed by atoms with van der Waals surface area (Å²) in [7, 11) is 0. The van der Waals surface area contributed by atoms with Crippen LogP contribution in [0.2, 0.25) is 0 Å². The fourth-order valence-electron chi connectivity index (χ4n) is 2.53. The van der Waals surface area contributed by atoms with E-state index in [1.165, 1.54) is 6.07 Å². The summed E-state index contributed by atoms with van der Waals surface area (Å²) in [5.41, 5.74) is 0.250. The van der Waals surface area contributed by atoms with Crippen molar-refractivity contribution in [2.24, 2.45) is 0 Å². The van der Waals surface area contributed by atoms with Gasteiger partial charge in [0, 0.05) is 6.42 Å². The van der Waals surface area contributed by atoms with Gasteiger partial charge < -0.3 is 0 Å². The van der Waals surface area contributed by atoms with E-state index in [1.54, 1.807) is 12.1 Å². The molecule has 0 unspecified atom stereocenters. The Labute approximate surface area is 122 Å². The fourth-order valence-corrected chi connectivity index (χ4v) is 2.93. The molecule has 0 atom stereocenters. The first-order chi connectivity index (χ1) is 8.93. The van der Waals surface area contributed by atoms with Gasteiger partial charge in [-0.3, -0.25) is 9.69 Å². The zero-order valence-electron chi connectivity index (χ0n) is 11.4. The molecule has 1 heterocycles. The van der Waals surface area contributed by atoms with Gasteiger partial charge in [0.15, 0.2) is 5.78 Å². The van der Waals surface area contributed by atoms with Gasteiger partial charge in [-0.05, 0) is 67.3 Å². The standard InChI is InChI=1S/C15H19BrFNO/c1-15(2,18-8-3-4-9-18)13(19)10-11-6-5-7-12(17)14(11)16/h5-7H,3-4,8-10H2,1-2H3. The maximum Gasteiger partial charge on any atom is 0.156 e. The molecule has 1 fully saturated rings. The minimum atomic E-state index is -0.470. The normalized spacial score (nSPS) is 16.8. The maximum atomic E-state index is 13.5. The molecule has 0 aliphatic carbocycles. The van der Waals surface area contributed by atoms with Crippen LogP contribution >= 0.6 is 15.9 Å². The average molecular weight is 328 g/mol. The van der Waals surface area contributed by atoms with E-state index in [4.69, 9.17) is 0 Å². The van der Waals surface area contributed by atoms with Crippen molar-refractivity contribution in [1.82, 2.24) is 4.90 Å². The average Bonchev–Trinajstić information content (AvgIpc) is 2.89. The molecule has 2 rings (SSSR count). The highest BCUT2D eigenvalue weighted by Gasteiger charge is 2.35. The van der Waals surface area contributed by atoms with Crippen LogP contribution in [0.3, 0.4) is 0 Å². The molecule has 19 heavy (non-hydrogen) atoms. The van der Waals surface area contributed by atoms with Crippen LogP contribution in [0.4, 0.5) is 4.39 Å². The largest absolute Gasteiger partial charge is 0.297 e. The van der Waals surface area contributed by atoms with E-state index in [0.29, 0.717) is 4.47 Å². The molecule has 0 bridgehead atoms. The predicted molar refractivity (Wildman–Crippen MR) is 77.7 cm³/mol. The third-order valence-corrected chi connectivity index (χ3v) is 4.85. The fraction of sp³-hybridized carbons (Fsp3) is 0.533. The topological polar surface area (TPSA) is 20.3 Å². The molecular weight excluding hydrogens is 309 g/mol. The molecule has 0 radical (unpaired) electrons. The van der Waals surface area contributed by atoms with Crippen molar-refractivity contribution >= 4 is 21.7 Å². The Morgan fingerprint density at radius 1 is 1.37 bits per heavy atom. The molecule has 0 amide bonds. The van der Waals surface area contributed by atoms with Crippen LogP contribution in [0.25, 0.3) is 0 Å². The minimum Gasteiger partial charge on any atom is -0.297 e. The molecule has 104 valence electrons. The number of halogens is 2. The van der Waals surface area contributed by atoms with Gasteiger partial charge in [0.25, 0.3) is 0 Å². The highest BCUT2D eigenvalue weighted by Crippen LogP contribution is 2.26. The number of likely N-dealkylation sites (tertiary alicyclic amines) is 1. The predicted octanol–water partition coefficient (Wildman–Crippen LogP) is 3.57. The van der Waals surface area contributed by atoms with Crippen molar-refractivity contribution in [3.8, 4) is 0 Å². The van der Waals surface area contributed by atoms with Crippen molar-refractivity contribution in [2.75, 3.05) is 13.1 Å². The van der Waals surface area contributed by atoms with Gasteiger partial charge >= 0.3 is 0 Å². The lowest BCUT2D eigenvalue weighted by Crippen LogP contribution is -2.49. The maximum absolute atomic E-state index is 13.5. The first-order valence-corrected chi connectivity index (χ1v) is 7.43. The van der Waals surface area contributed by atoms with E-state index in [2.05, 4.69) is 20.8 Å². The number of carbonyl (C=O) groups is 1. The van der Waals surface area contributed by atoms with Gasteiger partial charge in [-0.2, -0.15) is 0 Å². The van der Waals surface area contributed by atoms with Crippen molar-refractivity contribution < 1.29 is 9.18 Å². The number of Topliss-reactive ketones (excluding diaryl/α,β-unsaturated/α-hetero) is 1. The Morgan fingerprint density at radius 2 is 2.00 bits per heavy atom. The van der Waals surface area contributed by atoms with Crippen LogP contribution in [0.5, 0.6) is 0 Å². The summed E-state index contributed by atoms with van der Waals surface area (Å²) in [6, 6.07) is 4.83. The summed E-state index contributed by atoms with van der Waals surface area (Å²) in [6.07, 6.45) is 2.57. The molecule has 4 heteroatoms. The quantitative estimate of drug-likeness (QED) is 0.842. The van der Waals surface area contributed by atoms with Crippen LogP contribution < -0.4 is 0 Å². The molecule has 0 saturated carbocycles. The van der Waals surface area contributed by atoms with E-state index < -0.39 is 5.54 Å². The Balaban J connectivity index is 2.14. The van der Waals surface area contributed by atoms with Gasteiger partial charge in [-0.25, -0.2) is 4.39 Å². The Kier molecular flexibility index (Phi) is 4.41. The lowest BCUT2D eigenvalue weighted by atomic mass is 9.92. The van der Waals surface area contributed by atoms with Gasteiger partial charge in [-0.1, -0.05) is 12.1 Å². The summed E-state index contributed by atoms with van der Waals surface area (Å²) in [5.74, 6) is -0.176. The Bertz CT molecular complexity index is 481. The van der Waals surface area contributed by atoms with E-state index in [1.807, 2.05) is 13.8 Å². The van der Waals surface area contributed by atoms with Crippen LogP contribution in [0.1, 0.15) is 32.3 Å². The van der Waals surface area contributed by atoms with Crippen LogP contribution in [0, 0.1) is 5.82 Å². The number of benzene rings is 1. The Morgan fingerprint density at radius 3 is 2.63 bits per heavy atom. The molecule has 0 N–H and O–H groups in total. The number of nitrogens with zero attached hydrogens (tertiary/aromatic N) is 1. The first kappa shape index (κ1) is 14.7. The minimum absolute atomic E-state index is 0.140. The van der Waals surface area contributed by atoms with E-state index in [9.17, 15) is 9.18 Å². The summed E-state index contributed by atoms with van der Waals surface area (Å²) >= 11 is 3.22. The molecule has 2 nitrogen and oxygen atoms in total. The zero-order valence-corrected chi connectivity index (χ0v) is 13.0. The Hall–Kier alpha value is -0.740. The molecule has 0 aromatic heterocycles. The van der Waals surface area contributed by atoms with Crippen LogP contribution in [-0.2, 0) is 11.2 Å². The second kappa shape index (κ2) is 5.71. The molecule has 1 aromatic carbocycles. The molecule has 1 aliphatic rings. The van der Waals surface area contributed by atoms with Gasteiger partial charge in [-0.15, -0.1) is 0 Å². The van der Waals surface area contributed by atoms with Gasteiger partial charge in [0.05, 0.1) is 10.0 Å². The molecular formula is C15H19BrFNO. The summed E-state index contributed by atoms with van der Waals surface area (Å²) in [4.78, 5) is 14.7. The molecule has 1 aromatic rings. The third-order valence-electron chi connectivity index (χ3n) is 3.96. The van der Waals surface area contributed by atoms with E-state index in [-0.39, 0.29) is 18.0 Å². The second-order valence-electron chi connectivity index (χ2n) is 5.57. The van der Waals surface area contributed by atoms with Crippen LogP contribution in [-0.4, -0.2) is 29.3 Å². The lowest BCUT2D eigenvalue weighted by molar-refractivity contribution is -0.128. The van der Waals surface area contributed by atoms with Crippen molar-refractivity contribution in [3.63, 3.8) is 0 Å². The van der Waals surface area contributed by atoms with E-state index >= 15 is 0 Å². The number of ketones is 1. The number of rotatable bonds is 4. The summed E-state index contributed by atoms with van der Waals surface area (Å²) in [6.45, 7) is 5.88. The smallest absolute Gasteiger partial charge is 0.156 e. The molecule has 0 spiro atoms. The molecule has 1 saturated heterocycles. The number of carbonyl (C=O) groups excluding carboxylic acids is 1. The third kappa shape index (κ3) is 3.06. The van der Waals surface area contributed by atoms with Crippen molar-refractivity contribution in [1.29, 1.82) is 0 Å². The van der Waals surface area contributed by atoms with E-state index in [0.717, 1.165) is 31.5 Å². The number of hydrogen-bond donors (Lipinski definition) is 0. The second-order valence-corrected chi connectivity index (χ2v) is 6.36. The van der Waals surface area contributed by atoms with Crippen molar-refractivity contribution in [3.05, 3.63) is 34.1 Å². The highest BCUT2D eigenvalue weighted by atomic mass is 79.9. The lowest BCUT2D eigenvalue weighted by Gasteiger charge is -2.34. The molecule has 1 aliphatic heterocycles. The SMILES string of the molecule is CC(C)(C(=O)Cc1cccc(F)c1Br)N1CCCC1. The summed E-state index contributed by atoms with van der Waals surface area (Å²) < 4.78 is 13.9. The summed E-state index contributed by atoms with van der Waals surface area (Å²) in [5, 5.41) is 0. The highest BCUT2D eigenvalue weighted by molar-refractivity contribution is 9.10. The van der Waals surface area contributed by atoms with Crippen molar-refractivity contribution in [2.45, 2.75) is 38.6 Å². The number of hydrogen-bond acceptors (Lipinski definition) is 2. The monoisotopic (exact) mass is 327 g/mol. The zero-order chi connectivity index (χ0) is 14.0. The van der Waals surface area contributed by atoms with Gasteiger partial charge in [0.1, 0.15) is 5.82 Å². The first-order valence-electron chi connectivity index (χ1n) is 6.64.